The fourth-order valence-electron chi connectivity index (χ4n) is 1.67. The Hall–Kier alpha value is -2.36. The van der Waals surface area contributed by atoms with E-state index in [1.54, 1.807) is 24.5 Å². The van der Waals surface area contributed by atoms with Gasteiger partial charge in [0.2, 0.25) is 0 Å². The highest BCUT2D eigenvalue weighted by Crippen LogP contribution is 2.18. The lowest BCUT2D eigenvalue weighted by Gasteiger charge is -2.10. The van der Waals surface area contributed by atoms with Crippen molar-refractivity contribution in [2.75, 3.05) is 0 Å². The maximum Gasteiger partial charge on any atom is 0.130 e. The molecule has 0 saturated heterocycles. The maximum atomic E-state index is 7.48. The van der Waals surface area contributed by atoms with E-state index in [0.29, 0.717) is 17.9 Å². The number of hydrogen-bond donors (Lipinski definition) is 2. The van der Waals surface area contributed by atoms with Crippen molar-refractivity contribution >= 4 is 5.84 Å². The second-order valence-corrected chi connectivity index (χ2v) is 4.07. The molecule has 1 aromatic carbocycles. The van der Waals surface area contributed by atoms with Crippen molar-refractivity contribution < 1.29 is 4.74 Å². The van der Waals surface area contributed by atoms with Gasteiger partial charge in [-0.3, -0.25) is 10.4 Å². The number of benzene rings is 1. The smallest absolute Gasteiger partial charge is 0.130 e. The molecule has 1 aromatic heterocycles. The molecule has 0 aliphatic rings. The highest BCUT2D eigenvalue weighted by atomic mass is 16.5. The molecule has 2 rings (SSSR count). The molecular formula is C14H15N3O. The van der Waals surface area contributed by atoms with Crippen LogP contribution >= 0.6 is 0 Å². The SMILES string of the molecule is Cc1cncc(COc2ccccc2C(=N)N)c1. The minimum atomic E-state index is 0.00738. The summed E-state index contributed by atoms with van der Waals surface area (Å²) >= 11 is 0. The number of nitrogen functional groups attached to an aromatic ring is 1. The summed E-state index contributed by atoms with van der Waals surface area (Å²) in [5.74, 6) is 0.625. The lowest BCUT2D eigenvalue weighted by atomic mass is 10.2. The second-order valence-electron chi connectivity index (χ2n) is 4.07. The second kappa shape index (κ2) is 5.31. The van der Waals surface area contributed by atoms with E-state index < -0.39 is 0 Å². The molecule has 2 aromatic rings. The normalized spacial score (nSPS) is 10.1. The lowest BCUT2D eigenvalue weighted by molar-refractivity contribution is 0.305. The molecule has 0 spiro atoms. The molecule has 1 heterocycles. The van der Waals surface area contributed by atoms with E-state index in [9.17, 15) is 0 Å². The summed E-state index contributed by atoms with van der Waals surface area (Å²) < 4.78 is 5.68. The van der Waals surface area contributed by atoms with Gasteiger partial charge in [-0.25, -0.2) is 0 Å². The molecule has 0 atom stereocenters. The maximum absolute atomic E-state index is 7.48. The predicted molar refractivity (Wildman–Crippen MR) is 70.8 cm³/mol. The summed E-state index contributed by atoms with van der Waals surface area (Å²) in [6.07, 6.45) is 3.57. The summed E-state index contributed by atoms with van der Waals surface area (Å²) in [5.41, 5.74) is 8.20. The van der Waals surface area contributed by atoms with Crippen LogP contribution in [0.5, 0.6) is 5.75 Å². The molecule has 3 N–H and O–H groups in total. The van der Waals surface area contributed by atoms with Crippen LogP contribution in [0.25, 0.3) is 0 Å². The van der Waals surface area contributed by atoms with Gasteiger partial charge < -0.3 is 10.5 Å². The third-order valence-electron chi connectivity index (χ3n) is 2.50. The van der Waals surface area contributed by atoms with E-state index >= 15 is 0 Å². The third kappa shape index (κ3) is 2.85. The van der Waals surface area contributed by atoms with Gasteiger partial charge in [0.15, 0.2) is 0 Å². The number of amidine groups is 1. The highest BCUT2D eigenvalue weighted by molar-refractivity contribution is 5.97. The fourth-order valence-corrected chi connectivity index (χ4v) is 1.67. The number of pyridine rings is 1. The summed E-state index contributed by atoms with van der Waals surface area (Å²) in [7, 11) is 0. The minimum absolute atomic E-state index is 0.00738. The number of para-hydroxylation sites is 1. The van der Waals surface area contributed by atoms with Gasteiger partial charge in [0.05, 0.1) is 5.56 Å². The van der Waals surface area contributed by atoms with E-state index in [-0.39, 0.29) is 5.84 Å². The Bertz CT molecular complexity index is 566. The van der Waals surface area contributed by atoms with Crippen molar-refractivity contribution in [1.82, 2.24) is 4.98 Å². The summed E-state index contributed by atoms with van der Waals surface area (Å²) in [6, 6.07) is 9.28. The Balaban J connectivity index is 2.13. The number of hydrogen-bond acceptors (Lipinski definition) is 3. The number of aryl methyl sites for hydroxylation is 1. The standard InChI is InChI=1S/C14H15N3O/c1-10-6-11(8-17-7-10)9-18-13-5-3-2-4-12(13)14(15)16/h2-8H,9H2,1H3,(H3,15,16). The average molecular weight is 241 g/mol. The van der Waals surface area contributed by atoms with Crippen molar-refractivity contribution in [3.63, 3.8) is 0 Å². The van der Waals surface area contributed by atoms with Crippen molar-refractivity contribution in [1.29, 1.82) is 5.41 Å². The topological polar surface area (TPSA) is 72.0 Å². The van der Waals surface area contributed by atoms with E-state index in [0.717, 1.165) is 11.1 Å². The monoisotopic (exact) mass is 241 g/mol. The predicted octanol–water partition coefficient (Wildman–Crippen LogP) is 2.25. The highest BCUT2D eigenvalue weighted by Gasteiger charge is 2.05. The Labute approximate surface area is 106 Å². The first kappa shape index (κ1) is 12.1. The molecule has 4 nitrogen and oxygen atoms in total. The van der Waals surface area contributed by atoms with Crippen molar-refractivity contribution in [2.24, 2.45) is 5.73 Å². The molecule has 0 radical (unpaired) electrons. The minimum Gasteiger partial charge on any atom is -0.488 e. The van der Waals surface area contributed by atoms with E-state index in [1.165, 1.54) is 0 Å². The van der Waals surface area contributed by atoms with E-state index in [1.807, 2.05) is 25.1 Å². The number of nitrogens with zero attached hydrogens (tertiary/aromatic N) is 1. The van der Waals surface area contributed by atoms with Crippen LogP contribution in [0.2, 0.25) is 0 Å². The first-order valence-electron chi connectivity index (χ1n) is 5.63. The van der Waals surface area contributed by atoms with Gasteiger partial charge in [0, 0.05) is 18.0 Å². The largest absolute Gasteiger partial charge is 0.488 e. The van der Waals surface area contributed by atoms with Crippen LogP contribution in [0.4, 0.5) is 0 Å². The fraction of sp³-hybridized carbons (Fsp3) is 0.143. The van der Waals surface area contributed by atoms with Crippen molar-refractivity contribution in [3.05, 3.63) is 59.4 Å². The zero-order valence-corrected chi connectivity index (χ0v) is 10.2. The molecule has 92 valence electrons. The average Bonchev–Trinajstić information content (AvgIpc) is 2.37. The number of aromatic nitrogens is 1. The molecule has 0 bridgehead atoms. The van der Waals surface area contributed by atoms with Crippen molar-refractivity contribution in [2.45, 2.75) is 13.5 Å². The molecule has 0 amide bonds. The van der Waals surface area contributed by atoms with Crippen LogP contribution in [0.3, 0.4) is 0 Å². The van der Waals surface area contributed by atoms with Crippen LogP contribution in [0, 0.1) is 12.3 Å². The van der Waals surface area contributed by atoms with Crippen LogP contribution < -0.4 is 10.5 Å². The van der Waals surface area contributed by atoms with Crippen molar-refractivity contribution in [3.8, 4) is 5.75 Å². The molecule has 18 heavy (non-hydrogen) atoms. The van der Waals surface area contributed by atoms with Gasteiger partial charge in [-0.05, 0) is 30.7 Å². The molecule has 0 unspecified atom stereocenters. The molecule has 0 aliphatic heterocycles. The summed E-state index contributed by atoms with van der Waals surface area (Å²) in [6.45, 7) is 2.40. The van der Waals surface area contributed by atoms with E-state index in [4.69, 9.17) is 15.9 Å². The Morgan fingerprint density at radius 3 is 2.83 bits per heavy atom. The number of nitrogens with two attached hydrogens (primary N) is 1. The Morgan fingerprint density at radius 1 is 1.33 bits per heavy atom. The molecule has 4 heteroatoms. The van der Waals surface area contributed by atoms with Gasteiger partial charge >= 0.3 is 0 Å². The van der Waals surface area contributed by atoms with Gasteiger partial charge in [-0.1, -0.05) is 12.1 Å². The molecule has 0 fully saturated rings. The first-order valence-corrected chi connectivity index (χ1v) is 5.63. The lowest BCUT2D eigenvalue weighted by Crippen LogP contribution is -2.13. The zero-order chi connectivity index (χ0) is 13.0. The van der Waals surface area contributed by atoms with Crippen LogP contribution in [-0.2, 0) is 6.61 Å². The number of nitrogens with one attached hydrogen (secondary N) is 1. The first-order chi connectivity index (χ1) is 8.66. The number of ether oxygens (including phenoxy) is 1. The van der Waals surface area contributed by atoms with Gasteiger partial charge in [0.1, 0.15) is 18.2 Å². The van der Waals surface area contributed by atoms with E-state index in [2.05, 4.69) is 4.98 Å². The van der Waals surface area contributed by atoms with Gasteiger partial charge in [0.25, 0.3) is 0 Å². The summed E-state index contributed by atoms with van der Waals surface area (Å²) in [4.78, 5) is 4.11. The Morgan fingerprint density at radius 2 is 2.11 bits per heavy atom. The third-order valence-corrected chi connectivity index (χ3v) is 2.50. The van der Waals surface area contributed by atoms with Crippen LogP contribution in [0.1, 0.15) is 16.7 Å². The molecule has 0 saturated carbocycles. The summed E-state index contributed by atoms with van der Waals surface area (Å²) in [5, 5.41) is 7.48. The van der Waals surface area contributed by atoms with Gasteiger partial charge in [-0.15, -0.1) is 0 Å². The number of rotatable bonds is 4. The zero-order valence-electron chi connectivity index (χ0n) is 10.2. The quantitative estimate of drug-likeness (QED) is 0.637. The van der Waals surface area contributed by atoms with Crippen LogP contribution in [-0.4, -0.2) is 10.8 Å². The van der Waals surface area contributed by atoms with Crippen LogP contribution in [0.15, 0.2) is 42.7 Å². The van der Waals surface area contributed by atoms with Gasteiger partial charge in [-0.2, -0.15) is 0 Å². The molecule has 0 aliphatic carbocycles. The molecular weight excluding hydrogens is 226 g/mol. The Kier molecular flexibility index (Phi) is 3.57.